The number of carbonyl (C=O) groups is 1. The summed E-state index contributed by atoms with van der Waals surface area (Å²) in [5.74, 6) is 0. The second-order valence-corrected chi connectivity index (χ2v) is 5.53. The van der Waals surface area contributed by atoms with E-state index < -0.39 is 9.05 Å². The molecule has 0 aromatic heterocycles. The van der Waals surface area contributed by atoms with E-state index in [0.29, 0.717) is 11.8 Å². The average Bonchev–Trinajstić information content (AvgIpc) is 2.11. The first-order valence-electron chi connectivity index (χ1n) is 2.35. The Balaban J connectivity index is 2.89. The van der Waals surface area contributed by atoms with Crippen LogP contribution in [0.25, 0.3) is 0 Å². The molecule has 0 unspecified atom stereocenters. The molecule has 0 saturated carbocycles. The van der Waals surface area contributed by atoms with Crippen LogP contribution < -0.4 is 0 Å². The topological polar surface area (TPSA) is 51.2 Å². The molecule has 1 aliphatic heterocycles. The second kappa shape index (κ2) is 2.56. The highest BCUT2D eigenvalue weighted by molar-refractivity contribution is 8.34. The zero-order valence-corrected chi connectivity index (χ0v) is 7.09. The monoisotopic (exact) mass is 198 g/mol. The maximum Gasteiger partial charge on any atom is 0.267 e. The molecule has 0 saturated heterocycles. The number of hydrogen-bond donors (Lipinski definition) is 0. The molecular formula is C4H3ClO3S2. The lowest BCUT2D eigenvalue weighted by Gasteiger charge is -1.89. The van der Waals surface area contributed by atoms with Gasteiger partial charge in [0, 0.05) is 17.1 Å². The predicted molar refractivity (Wildman–Crippen MR) is 40.1 cm³/mol. The molecule has 0 amide bonds. The zero-order valence-electron chi connectivity index (χ0n) is 4.70. The molecule has 10 heavy (non-hydrogen) atoms. The Morgan fingerprint density at radius 1 is 1.60 bits per heavy atom. The van der Waals surface area contributed by atoms with E-state index in [4.69, 9.17) is 10.7 Å². The van der Waals surface area contributed by atoms with Crippen LogP contribution in [0.4, 0.5) is 0 Å². The van der Waals surface area contributed by atoms with Gasteiger partial charge in [0.25, 0.3) is 9.05 Å². The summed E-state index contributed by atoms with van der Waals surface area (Å²) in [5, 5.41) is -0.181. The highest BCUT2D eigenvalue weighted by Gasteiger charge is 2.23. The van der Waals surface area contributed by atoms with Gasteiger partial charge in [-0.15, -0.1) is 0 Å². The van der Waals surface area contributed by atoms with Crippen molar-refractivity contribution in [3.8, 4) is 0 Å². The molecule has 56 valence electrons. The Kier molecular flexibility index (Phi) is 2.07. The van der Waals surface area contributed by atoms with Crippen molar-refractivity contribution in [2.45, 2.75) is 6.42 Å². The van der Waals surface area contributed by atoms with Gasteiger partial charge in [0.2, 0.25) is 0 Å². The van der Waals surface area contributed by atoms with Crippen LogP contribution >= 0.6 is 22.4 Å². The van der Waals surface area contributed by atoms with Crippen LogP contribution in [-0.2, 0) is 13.8 Å². The lowest BCUT2D eigenvalue weighted by atomic mass is 10.5. The van der Waals surface area contributed by atoms with Crippen LogP contribution in [0.1, 0.15) is 6.42 Å². The molecular weight excluding hydrogens is 196 g/mol. The predicted octanol–water partition coefficient (Wildman–Crippen LogP) is 1.06. The fraction of sp³-hybridized carbons (Fsp3) is 0.250. The SMILES string of the molecule is O=C1CC=C(S(=O)(=O)Cl)S1. The van der Waals surface area contributed by atoms with Crippen molar-refractivity contribution in [1.29, 1.82) is 0 Å². The molecule has 0 aromatic carbocycles. The summed E-state index contributed by atoms with van der Waals surface area (Å²) < 4.78 is 21.0. The number of carbonyl (C=O) groups excluding carboxylic acids is 1. The van der Waals surface area contributed by atoms with Crippen LogP contribution in [-0.4, -0.2) is 13.5 Å². The van der Waals surface area contributed by atoms with Gasteiger partial charge in [-0.05, 0) is 17.8 Å². The second-order valence-electron chi connectivity index (χ2n) is 1.64. The average molecular weight is 199 g/mol. The van der Waals surface area contributed by atoms with Crippen molar-refractivity contribution in [2.24, 2.45) is 0 Å². The Labute approximate surface area is 66.9 Å². The standard InChI is InChI=1S/C4H3ClO3S2/c5-10(7,8)4-2-1-3(6)9-4/h2H,1H2. The Morgan fingerprint density at radius 2 is 2.20 bits per heavy atom. The van der Waals surface area contributed by atoms with Gasteiger partial charge >= 0.3 is 0 Å². The van der Waals surface area contributed by atoms with Gasteiger partial charge in [-0.2, -0.15) is 0 Å². The Morgan fingerprint density at radius 3 is 2.40 bits per heavy atom. The molecule has 0 radical (unpaired) electrons. The van der Waals surface area contributed by atoms with E-state index in [9.17, 15) is 13.2 Å². The summed E-state index contributed by atoms with van der Waals surface area (Å²) in [6.07, 6.45) is 1.47. The summed E-state index contributed by atoms with van der Waals surface area (Å²) in [6.45, 7) is 0. The molecule has 0 N–H and O–H groups in total. The van der Waals surface area contributed by atoms with Crippen molar-refractivity contribution in [3.63, 3.8) is 0 Å². The van der Waals surface area contributed by atoms with Crippen LogP contribution in [0.2, 0.25) is 0 Å². The van der Waals surface area contributed by atoms with Gasteiger partial charge in [0.05, 0.1) is 0 Å². The van der Waals surface area contributed by atoms with E-state index >= 15 is 0 Å². The Hall–Kier alpha value is -0.000000000000000167. The Bertz CT molecular complexity index is 290. The van der Waals surface area contributed by atoms with E-state index in [0.717, 1.165) is 0 Å². The quantitative estimate of drug-likeness (QED) is 0.592. The zero-order chi connectivity index (χ0) is 7.78. The molecule has 0 aromatic rings. The molecule has 1 heterocycles. The van der Waals surface area contributed by atoms with Gasteiger partial charge in [0.15, 0.2) is 5.12 Å². The van der Waals surface area contributed by atoms with E-state index in [-0.39, 0.29) is 15.8 Å². The summed E-state index contributed by atoms with van der Waals surface area (Å²) in [7, 11) is 1.28. The van der Waals surface area contributed by atoms with Crippen LogP contribution in [0.3, 0.4) is 0 Å². The van der Waals surface area contributed by atoms with Gasteiger partial charge < -0.3 is 0 Å². The van der Waals surface area contributed by atoms with E-state index in [2.05, 4.69) is 0 Å². The minimum Gasteiger partial charge on any atom is -0.286 e. The molecule has 6 heteroatoms. The van der Waals surface area contributed by atoms with Crippen molar-refractivity contribution in [1.82, 2.24) is 0 Å². The fourth-order valence-electron chi connectivity index (χ4n) is 0.512. The molecule has 0 aliphatic carbocycles. The van der Waals surface area contributed by atoms with Crippen molar-refractivity contribution >= 4 is 36.6 Å². The molecule has 3 nitrogen and oxygen atoms in total. The molecule has 0 fully saturated rings. The van der Waals surface area contributed by atoms with Crippen LogP contribution in [0.15, 0.2) is 10.3 Å². The largest absolute Gasteiger partial charge is 0.286 e. The van der Waals surface area contributed by atoms with E-state index in [1.807, 2.05) is 0 Å². The van der Waals surface area contributed by atoms with Crippen LogP contribution in [0, 0.1) is 0 Å². The summed E-state index contributed by atoms with van der Waals surface area (Å²) >= 11 is 0.675. The fourth-order valence-corrected chi connectivity index (χ4v) is 2.50. The first-order valence-corrected chi connectivity index (χ1v) is 5.48. The normalized spacial score (nSPS) is 19.3. The lowest BCUT2D eigenvalue weighted by molar-refractivity contribution is -0.110. The number of hydrogen-bond acceptors (Lipinski definition) is 4. The van der Waals surface area contributed by atoms with Gasteiger partial charge in [-0.3, -0.25) is 4.79 Å². The maximum atomic E-state index is 10.5. The third-order valence-electron chi connectivity index (χ3n) is 0.890. The van der Waals surface area contributed by atoms with Gasteiger partial charge in [-0.25, -0.2) is 8.42 Å². The first kappa shape index (κ1) is 8.10. The van der Waals surface area contributed by atoms with Gasteiger partial charge in [0.1, 0.15) is 4.24 Å². The highest BCUT2D eigenvalue weighted by Crippen LogP contribution is 2.32. The van der Waals surface area contributed by atoms with Crippen molar-refractivity contribution in [2.75, 3.05) is 0 Å². The molecule has 0 atom stereocenters. The number of allylic oxidation sites excluding steroid dienone is 1. The summed E-state index contributed by atoms with van der Waals surface area (Å²) in [4.78, 5) is 10.5. The summed E-state index contributed by atoms with van der Waals surface area (Å²) in [6, 6.07) is 0. The molecule has 0 spiro atoms. The van der Waals surface area contributed by atoms with E-state index in [1.54, 1.807) is 0 Å². The lowest BCUT2D eigenvalue weighted by Crippen LogP contribution is -1.87. The smallest absolute Gasteiger partial charge is 0.267 e. The molecule has 0 bridgehead atoms. The van der Waals surface area contributed by atoms with Crippen LogP contribution in [0.5, 0.6) is 0 Å². The van der Waals surface area contributed by atoms with E-state index in [1.165, 1.54) is 6.08 Å². The summed E-state index contributed by atoms with van der Waals surface area (Å²) in [5.41, 5.74) is 0. The van der Waals surface area contributed by atoms with Crippen molar-refractivity contribution < 1.29 is 13.2 Å². The molecule has 1 aliphatic rings. The minimum atomic E-state index is -3.66. The number of rotatable bonds is 1. The minimum absolute atomic E-state index is 0.0424. The molecule has 1 rings (SSSR count). The third-order valence-corrected chi connectivity index (χ3v) is 3.98. The number of thioether (sulfide) groups is 1. The van der Waals surface area contributed by atoms with Gasteiger partial charge in [-0.1, -0.05) is 0 Å². The highest BCUT2D eigenvalue weighted by atomic mass is 35.7. The third kappa shape index (κ3) is 1.74. The maximum absolute atomic E-state index is 10.5. The van der Waals surface area contributed by atoms with Crippen molar-refractivity contribution in [3.05, 3.63) is 10.3 Å². The number of halogens is 1. The first-order chi connectivity index (χ1) is 4.50.